The normalized spacial score (nSPS) is 12.9. The van der Waals surface area contributed by atoms with Crippen LogP contribution in [0.1, 0.15) is 399 Å². The zero-order chi connectivity index (χ0) is 67.5. The van der Waals surface area contributed by atoms with Gasteiger partial charge in [-0.25, -0.2) is 0 Å². The number of rotatable bonds is 76. The minimum absolute atomic E-state index is 0.150. The van der Waals surface area contributed by atoms with Gasteiger partial charge in [0.05, 0.1) is 40.3 Å². The molecule has 0 aliphatic heterocycles. The summed E-state index contributed by atoms with van der Waals surface area (Å²) in [6, 6.07) is 0. The van der Waals surface area contributed by atoms with Gasteiger partial charge in [0.15, 0.2) is 12.4 Å². The van der Waals surface area contributed by atoms with E-state index in [0.717, 1.165) is 57.8 Å². The van der Waals surface area contributed by atoms with Gasteiger partial charge in [0.1, 0.15) is 13.2 Å². The summed E-state index contributed by atoms with van der Waals surface area (Å²) in [6.07, 6.45) is 96.4. The van der Waals surface area contributed by atoms with E-state index in [2.05, 4.69) is 74.6 Å². The summed E-state index contributed by atoms with van der Waals surface area (Å²) < 4.78 is 22.9. The molecule has 0 aromatic heterocycles. The number of ether oxygens (including phenoxy) is 4. The lowest BCUT2D eigenvalue weighted by molar-refractivity contribution is -0.870. The standard InChI is InChI=1S/C84H155NO8/c1-6-8-10-12-14-16-18-20-22-24-26-28-30-32-34-35-36-37-38-39-40-41-42-43-44-45-46-47-49-51-53-55-57-59-61-63-65-67-69-71-73-75-82(87)93-80(79-92-84(83(88)89)90-77-76-85(3,4)5)78-91-81(86)74-72-70-68-66-64-62-60-58-56-54-52-50-48-33-31-29-27-25-23-21-19-17-15-13-11-9-7-2/h18-21,24-27,30,32,80,84H,6-17,22-23,28-29,31,33-79H2,1-5H3/b20-18-,21-19-,26-24-,27-25-,32-30-. The zero-order valence-electron chi connectivity index (χ0n) is 62.4. The summed E-state index contributed by atoms with van der Waals surface area (Å²) in [5, 5.41) is 11.9. The number of allylic oxidation sites excluding steroid dienone is 10. The molecule has 0 bridgehead atoms. The summed E-state index contributed by atoms with van der Waals surface area (Å²) in [7, 11) is 5.95. The van der Waals surface area contributed by atoms with E-state index in [4.69, 9.17) is 18.9 Å². The molecule has 0 aromatic carbocycles. The number of carbonyl (C=O) groups excluding carboxylic acids is 3. The Labute approximate surface area is 577 Å². The Balaban J connectivity index is 3.95. The van der Waals surface area contributed by atoms with Crippen LogP contribution in [0.25, 0.3) is 0 Å². The van der Waals surface area contributed by atoms with E-state index >= 15 is 0 Å². The Morgan fingerprint density at radius 2 is 0.581 bits per heavy atom. The molecule has 0 saturated heterocycles. The molecule has 0 aliphatic rings. The number of carboxylic acid groups (broad SMARTS) is 1. The number of hydrogen-bond donors (Lipinski definition) is 0. The van der Waals surface area contributed by atoms with Gasteiger partial charge in [0.2, 0.25) is 0 Å². The lowest BCUT2D eigenvalue weighted by Gasteiger charge is -2.26. The molecule has 0 fully saturated rings. The molecule has 0 aromatic rings. The van der Waals surface area contributed by atoms with Crippen molar-refractivity contribution in [2.45, 2.75) is 411 Å². The van der Waals surface area contributed by atoms with Crippen molar-refractivity contribution >= 4 is 17.9 Å². The number of hydrogen-bond acceptors (Lipinski definition) is 8. The molecule has 0 heterocycles. The first-order valence-corrected chi connectivity index (χ1v) is 40.4. The summed E-state index contributed by atoms with van der Waals surface area (Å²) in [5.74, 6) is -2.25. The monoisotopic (exact) mass is 1310 g/mol. The maximum Gasteiger partial charge on any atom is 0.306 e. The highest BCUT2D eigenvalue weighted by atomic mass is 16.7. The largest absolute Gasteiger partial charge is 0.545 e. The molecule has 9 heteroatoms. The zero-order valence-corrected chi connectivity index (χ0v) is 62.4. The van der Waals surface area contributed by atoms with E-state index < -0.39 is 24.3 Å². The maximum atomic E-state index is 13.0. The second-order valence-electron chi connectivity index (χ2n) is 28.7. The van der Waals surface area contributed by atoms with E-state index in [1.807, 2.05) is 21.1 Å². The fourth-order valence-electron chi connectivity index (χ4n) is 12.1. The molecule has 0 spiro atoms. The minimum Gasteiger partial charge on any atom is -0.545 e. The number of unbranched alkanes of at least 4 members (excludes halogenated alkanes) is 51. The first-order valence-electron chi connectivity index (χ1n) is 40.4. The fourth-order valence-corrected chi connectivity index (χ4v) is 12.1. The number of nitrogens with zero attached hydrogens (tertiary/aromatic N) is 1. The first-order chi connectivity index (χ1) is 45.6. The molecule has 0 radical (unpaired) electrons. The summed E-state index contributed by atoms with van der Waals surface area (Å²) in [6.45, 7) is 4.79. The molecular formula is C84H155NO8. The number of carbonyl (C=O) groups is 3. The molecular weight excluding hydrogens is 1150 g/mol. The minimum atomic E-state index is -1.62. The van der Waals surface area contributed by atoms with Crippen LogP contribution in [0, 0.1) is 0 Å². The highest BCUT2D eigenvalue weighted by Crippen LogP contribution is 2.19. The highest BCUT2D eigenvalue weighted by Gasteiger charge is 2.22. The highest BCUT2D eigenvalue weighted by molar-refractivity contribution is 5.70. The second-order valence-corrected chi connectivity index (χ2v) is 28.7. The van der Waals surface area contributed by atoms with Crippen LogP contribution in [-0.2, 0) is 33.3 Å². The van der Waals surface area contributed by atoms with Crippen LogP contribution in [0.4, 0.5) is 0 Å². The van der Waals surface area contributed by atoms with Gasteiger partial charge in [0.25, 0.3) is 0 Å². The number of aliphatic carboxylic acids is 1. The third-order valence-corrected chi connectivity index (χ3v) is 18.2. The van der Waals surface area contributed by atoms with Gasteiger partial charge in [-0.2, -0.15) is 0 Å². The van der Waals surface area contributed by atoms with Crippen LogP contribution in [-0.4, -0.2) is 82.3 Å². The van der Waals surface area contributed by atoms with E-state index in [1.165, 1.54) is 315 Å². The Morgan fingerprint density at radius 3 is 0.860 bits per heavy atom. The Morgan fingerprint density at radius 1 is 0.323 bits per heavy atom. The average Bonchev–Trinajstić information content (AvgIpc) is 3.38. The Kier molecular flexibility index (Phi) is 72.4. The van der Waals surface area contributed by atoms with Gasteiger partial charge in [-0.3, -0.25) is 9.59 Å². The third-order valence-electron chi connectivity index (χ3n) is 18.2. The van der Waals surface area contributed by atoms with Gasteiger partial charge in [-0.15, -0.1) is 0 Å². The maximum absolute atomic E-state index is 13.0. The first kappa shape index (κ1) is 90.0. The summed E-state index contributed by atoms with van der Waals surface area (Å²) in [4.78, 5) is 37.6. The van der Waals surface area contributed by atoms with Crippen LogP contribution in [0.2, 0.25) is 0 Å². The van der Waals surface area contributed by atoms with Gasteiger partial charge < -0.3 is 33.3 Å². The lowest BCUT2D eigenvalue weighted by Crippen LogP contribution is -2.44. The Hall–Kier alpha value is -3.01. The van der Waals surface area contributed by atoms with Crippen LogP contribution < -0.4 is 5.11 Å². The quantitative estimate of drug-likeness (QED) is 0.0195. The third kappa shape index (κ3) is 76.2. The van der Waals surface area contributed by atoms with Crippen LogP contribution >= 0.6 is 0 Å². The van der Waals surface area contributed by atoms with E-state index in [1.54, 1.807) is 0 Å². The molecule has 0 saturated carbocycles. The van der Waals surface area contributed by atoms with Gasteiger partial charge in [0, 0.05) is 12.8 Å². The predicted molar refractivity (Wildman–Crippen MR) is 399 cm³/mol. The summed E-state index contributed by atoms with van der Waals surface area (Å²) in [5.41, 5.74) is 0. The predicted octanol–water partition coefficient (Wildman–Crippen LogP) is 24.5. The van der Waals surface area contributed by atoms with Gasteiger partial charge in [-0.1, -0.05) is 364 Å². The SMILES string of the molecule is CCCCCCC/C=C\C/C=C\C/C=C\CCCCCCCCCCCCCCCCCCCCCCCCCCCCC(=O)OC(COC(=O)CCCCCCCCCCCCCCCCC/C=C\C/C=C\CCCCCCC)COC(OCC[N+](C)(C)C)C(=O)[O-]. The lowest BCUT2D eigenvalue weighted by atomic mass is 10.0. The fraction of sp³-hybridized carbons (Fsp3) is 0.845. The van der Waals surface area contributed by atoms with Gasteiger partial charge in [-0.05, 0) is 83.5 Å². The van der Waals surface area contributed by atoms with Gasteiger partial charge >= 0.3 is 11.9 Å². The van der Waals surface area contributed by atoms with Crippen molar-refractivity contribution in [1.82, 2.24) is 0 Å². The van der Waals surface area contributed by atoms with Crippen LogP contribution in [0.3, 0.4) is 0 Å². The van der Waals surface area contributed by atoms with E-state index in [-0.39, 0.29) is 32.2 Å². The van der Waals surface area contributed by atoms with Crippen molar-refractivity contribution in [2.75, 3.05) is 47.5 Å². The number of likely N-dealkylation sites (N-methyl/N-ethyl adjacent to an activating group) is 1. The van der Waals surface area contributed by atoms with Crippen molar-refractivity contribution in [2.24, 2.45) is 0 Å². The Bertz CT molecular complexity index is 1710. The second kappa shape index (κ2) is 74.8. The van der Waals surface area contributed by atoms with Crippen molar-refractivity contribution in [3.05, 3.63) is 60.8 Å². The van der Waals surface area contributed by atoms with E-state index in [9.17, 15) is 19.5 Å². The molecule has 2 atom stereocenters. The van der Waals surface area contributed by atoms with Crippen LogP contribution in [0.15, 0.2) is 60.8 Å². The number of quaternary nitrogens is 1. The summed E-state index contributed by atoms with van der Waals surface area (Å²) >= 11 is 0. The number of esters is 2. The van der Waals surface area contributed by atoms with Crippen LogP contribution in [0.5, 0.6) is 0 Å². The van der Waals surface area contributed by atoms with Crippen molar-refractivity contribution < 1.29 is 42.9 Å². The van der Waals surface area contributed by atoms with E-state index in [0.29, 0.717) is 17.4 Å². The number of carboxylic acids is 1. The van der Waals surface area contributed by atoms with Crippen molar-refractivity contribution in [1.29, 1.82) is 0 Å². The average molecular weight is 1310 g/mol. The molecule has 0 N–H and O–H groups in total. The van der Waals surface area contributed by atoms with Crippen molar-refractivity contribution in [3.63, 3.8) is 0 Å². The smallest absolute Gasteiger partial charge is 0.306 e. The molecule has 9 nitrogen and oxygen atoms in total. The molecule has 0 rings (SSSR count). The molecule has 0 amide bonds. The van der Waals surface area contributed by atoms with Crippen molar-refractivity contribution in [3.8, 4) is 0 Å². The molecule has 544 valence electrons. The molecule has 2 unspecified atom stereocenters. The molecule has 0 aliphatic carbocycles. The molecule has 93 heavy (non-hydrogen) atoms. The topological polar surface area (TPSA) is 111 Å².